The summed E-state index contributed by atoms with van der Waals surface area (Å²) in [6, 6.07) is 4.03. The molecule has 0 spiro atoms. The molecule has 2 aromatic heterocycles. The molecule has 1 fully saturated rings. The molecule has 1 aliphatic heterocycles. The summed E-state index contributed by atoms with van der Waals surface area (Å²) < 4.78 is 33.8. The normalized spacial score (nSPS) is 16.2. The van der Waals surface area contributed by atoms with Gasteiger partial charge in [-0.05, 0) is 18.2 Å². The van der Waals surface area contributed by atoms with E-state index in [2.05, 4.69) is 14.9 Å². The fourth-order valence-electron chi connectivity index (χ4n) is 3.23. The van der Waals surface area contributed by atoms with Gasteiger partial charge < -0.3 is 25.5 Å². The number of nitrogens with one attached hydrogen (secondary N) is 1. The molecule has 1 unspecified atom stereocenters. The molecule has 1 atom stereocenters. The Morgan fingerprint density at radius 3 is 2.81 bits per heavy atom. The van der Waals surface area contributed by atoms with Crippen LogP contribution in [0.5, 0.6) is 0 Å². The van der Waals surface area contributed by atoms with Crippen molar-refractivity contribution in [3.63, 3.8) is 0 Å². The molecule has 26 heavy (non-hydrogen) atoms. The number of rotatable bonds is 3. The van der Waals surface area contributed by atoms with Gasteiger partial charge in [-0.2, -0.15) is 0 Å². The Morgan fingerprint density at radius 2 is 2.04 bits per heavy atom. The SMILES string of the molecule is Nc1ccc(F)c(C(O)c2c[nH]c3ncc(N4CCOCC4)cc23)c1F. The standard InChI is InChI=1S/C18H18F2N4O2/c19-13-1-2-14(21)16(20)15(13)17(25)12-9-23-18-11(12)7-10(8-22-18)24-3-5-26-6-4-24/h1-2,7-9,17,25H,3-6,21H2,(H,22,23). The lowest BCUT2D eigenvalue weighted by atomic mass is 9.99. The lowest BCUT2D eigenvalue weighted by Crippen LogP contribution is -2.36. The number of ether oxygens (including phenoxy) is 1. The largest absolute Gasteiger partial charge is 0.396 e. The first-order valence-electron chi connectivity index (χ1n) is 8.27. The Kier molecular flexibility index (Phi) is 4.21. The minimum absolute atomic E-state index is 0.215. The van der Waals surface area contributed by atoms with Crippen LogP contribution >= 0.6 is 0 Å². The second-order valence-corrected chi connectivity index (χ2v) is 6.20. The Labute approximate surface area is 148 Å². The number of halogens is 2. The van der Waals surface area contributed by atoms with Crippen LogP contribution in [0.15, 0.2) is 30.6 Å². The Balaban J connectivity index is 1.78. The second kappa shape index (κ2) is 6.54. The molecule has 1 aliphatic rings. The lowest BCUT2D eigenvalue weighted by molar-refractivity contribution is 0.122. The van der Waals surface area contributed by atoms with Gasteiger partial charge >= 0.3 is 0 Å². The molecule has 0 radical (unpaired) electrons. The molecule has 4 N–H and O–H groups in total. The van der Waals surface area contributed by atoms with Crippen molar-refractivity contribution in [3.05, 3.63) is 53.4 Å². The van der Waals surface area contributed by atoms with E-state index < -0.39 is 23.3 Å². The van der Waals surface area contributed by atoms with E-state index in [9.17, 15) is 13.9 Å². The van der Waals surface area contributed by atoms with Crippen molar-refractivity contribution in [2.24, 2.45) is 0 Å². The number of fused-ring (bicyclic) bond motifs is 1. The third-order valence-electron chi connectivity index (χ3n) is 4.65. The number of aromatic nitrogens is 2. The van der Waals surface area contributed by atoms with Gasteiger partial charge in [0.2, 0.25) is 0 Å². The maximum atomic E-state index is 14.3. The van der Waals surface area contributed by atoms with Gasteiger partial charge in [-0.1, -0.05) is 0 Å². The van der Waals surface area contributed by atoms with Crippen LogP contribution < -0.4 is 10.6 Å². The molecule has 0 amide bonds. The molecule has 4 rings (SSSR count). The predicted octanol–water partition coefficient (Wildman–Crippen LogP) is 2.34. The number of benzene rings is 1. The fourth-order valence-corrected chi connectivity index (χ4v) is 3.23. The topological polar surface area (TPSA) is 87.4 Å². The van der Waals surface area contributed by atoms with Gasteiger partial charge in [0, 0.05) is 30.2 Å². The summed E-state index contributed by atoms with van der Waals surface area (Å²) in [4.78, 5) is 9.40. The highest BCUT2D eigenvalue weighted by Gasteiger charge is 2.25. The number of aromatic amines is 1. The number of morpholine rings is 1. The quantitative estimate of drug-likeness (QED) is 0.624. The molecule has 0 saturated carbocycles. The molecule has 136 valence electrons. The number of pyridine rings is 1. The summed E-state index contributed by atoms with van der Waals surface area (Å²) in [5.41, 5.74) is 6.57. The highest BCUT2D eigenvalue weighted by atomic mass is 19.1. The molecule has 8 heteroatoms. The Bertz CT molecular complexity index is 954. The van der Waals surface area contributed by atoms with Gasteiger partial charge in [0.1, 0.15) is 17.6 Å². The third-order valence-corrected chi connectivity index (χ3v) is 4.65. The smallest absolute Gasteiger partial charge is 0.155 e. The number of H-pyrrole nitrogens is 1. The van der Waals surface area contributed by atoms with E-state index >= 15 is 0 Å². The summed E-state index contributed by atoms with van der Waals surface area (Å²) >= 11 is 0. The Morgan fingerprint density at radius 1 is 1.27 bits per heavy atom. The van der Waals surface area contributed by atoms with E-state index in [4.69, 9.17) is 10.5 Å². The first kappa shape index (κ1) is 16.7. The average Bonchev–Trinajstić information content (AvgIpc) is 3.09. The highest BCUT2D eigenvalue weighted by Crippen LogP contribution is 2.34. The summed E-state index contributed by atoms with van der Waals surface area (Å²) in [5, 5.41) is 11.2. The number of hydrogen-bond donors (Lipinski definition) is 3. The molecular weight excluding hydrogens is 342 g/mol. The van der Waals surface area contributed by atoms with Crippen LogP contribution in [0.3, 0.4) is 0 Å². The molecule has 0 bridgehead atoms. The van der Waals surface area contributed by atoms with Gasteiger partial charge in [-0.25, -0.2) is 13.8 Å². The number of aliphatic hydroxyl groups excluding tert-OH is 1. The van der Waals surface area contributed by atoms with Crippen molar-refractivity contribution in [1.82, 2.24) is 9.97 Å². The van der Waals surface area contributed by atoms with Crippen LogP contribution in [0.25, 0.3) is 11.0 Å². The summed E-state index contributed by atoms with van der Waals surface area (Å²) in [6.07, 6.45) is 1.73. The van der Waals surface area contributed by atoms with Gasteiger partial charge in [0.25, 0.3) is 0 Å². The summed E-state index contributed by atoms with van der Waals surface area (Å²) in [7, 11) is 0. The zero-order valence-electron chi connectivity index (χ0n) is 13.9. The molecule has 6 nitrogen and oxygen atoms in total. The van der Waals surface area contributed by atoms with Crippen molar-refractivity contribution in [3.8, 4) is 0 Å². The van der Waals surface area contributed by atoms with Crippen LogP contribution in [0.1, 0.15) is 17.2 Å². The minimum atomic E-state index is -1.51. The number of hydrogen-bond acceptors (Lipinski definition) is 5. The number of anilines is 2. The molecule has 0 aliphatic carbocycles. The predicted molar refractivity (Wildman–Crippen MR) is 94.0 cm³/mol. The Hall–Kier alpha value is -2.71. The monoisotopic (exact) mass is 360 g/mol. The van der Waals surface area contributed by atoms with Crippen molar-refractivity contribution in [1.29, 1.82) is 0 Å². The molecule has 3 heterocycles. The van der Waals surface area contributed by atoms with Gasteiger partial charge in [-0.3, -0.25) is 0 Å². The number of nitrogens with zero attached hydrogens (tertiary/aromatic N) is 2. The van der Waals surface area contributed by atoms with Gasteiger partial charge in [0.05, 0.1) is 36.3 Å². The van der Waals surface area contributed by atoms with Crippen LogP contribution in [-0.4, -0.2) is 41.4 Å². The average molecular weight is 360 g/mol. The van der Waals surface area contributed by atoms with Crippen LogP contribution in [0.4, 0.5) is 20.2 Å². The van der Waals surface area contributed by atoms with Crippen LogP contribution in [0, 0.1) is 11.6 Å². The third kappa shape index (κ3) is 2.77. The van der Waals surface area contributed by atoms with E-state index in [-0.39, 0.29) is 5.69 Å². The summed E-state index contributed by atoms with van der Waals surface area (Å²) in [6.45, 7) is 2.71. The molecule has 1 aromatic carbocycles. The zero-order valence-corrected chi connectivity index (χ0v) is 13.9. The van der Waals surface area contributed by atoms with E-state index in [0.29, 0.717) is 29.8 Å². The first-order chi connectivity index (χ1) is 12.6. The van der Waals surface area contributed by atoms with Gasteiger partial charge in [-0.15, -0.1) is 0 Å². The molecular formula is C18H18F2N4O2. The number of aliphatic hydroxyl groups is 1. The fraction of sp³-hybridized carbons (Fsp3) is 0.278. The minimum Gasteiger partial charge on any atom is -0.396 e. The number of nitrogens with two attached hydrogens (primary N) is 1. The van der Waals surface area contributed by atoms with Crippen molar-refractivity contribution in [2.75, 3.05) is 36.9 Å². The highest BCUT2D eigenvalue weighted by molar-refractivity contribution is 5.84. The maximum absolute atomic E-state index is 14.3. The maximum Gasteiger partial charge on any atom is 0.155 e. The van der Waals surface area contributed by atoms with E-state index in [0.717, 1.165) is 30.9 Å². The van der Waals surface area contributed by atoms with Crippen LogP contribution in [0.2, 0.25) is 0 Å². The summed E-state index contributed by atoms with van der Waals surface area (Å²) in [5.74, 6) is -1.81. The lowest BCUT2D eigenvalue weighted by Gasteiger charge is -2.28. The van der Waals surface area contributed by atoms with E-state index in [1.165, 1.54) is 6.20 Å². The van der Waals surface area contributed by atoms with E-state index in [1.807, 2.05) is 6.07 Å². The number of nitrogen functional groups attached to an aromatic ring is 1. The molecule has 3 aromatic rings. The first-order valence-corrected chi connectivity index (χ1v) is 8.27. The van der Waals surface area contributed by atoms with Crippen molar-refractivity contribution in [2.45, 2.75) is 6.10 Å². The van der Waals surface area contributed by atoms with Gasteiger partial charge in [0.15, 0.2) is 5.82 Å². The second-order valence-electron chi connectivity index (χ2n) is 6.20. The molecule has 1 saturated heterocycles. The van der Waals surface area contributed by atoms with Crippen molar-refractivity contribution >= 4 is 22.4 Å². The van der Waals surface area contributed by atoms with Crippen molar-refractivity contribution < 1.29 is 18.6 Å². The zero-order chi connectivity index (χ0) is 18.3. The van der Waals surface area contributed by atoms with E-state index in [1.54, 1.807) is 6.20 Å². The van der Waals surface area contributed by atoms with Crippen LogP contribution in [-0.2, 0) is 4.74 Å².